The van der Waals surface area contributed by atoms with Crippen LogP contribution >= 0.6 is 0 Å². The first-order chi connectivity index (χ1) is 11.8. The van der Waals surface area contributed by atoms with Crippen molar-refractivity contribution in [2.24, 2.45) is 0 Å². The van der Waals surface area contributed by atoms with Gasteiger partial charge in [0.25, 0.3) is 5.91 Å². The van der Waals surface area contributed by atoms with Crippen LogP contribution in [-0.4, -0.2) is 22.6 Å². The van der Waals surface area contributed by atoms with Crippen LogP contribution in [-0.2, 0) is 4.79 Å². The molecule has 6 nitrogen and oxygen atoms in total. The Morgan fingerprint density at radius 1 is 1.12 bits per heavy atom. The van der Waals surface area contributed by atoms with Crippen LogP contribution in [0.2, 0.25) is 0 Å². The third-order valence-corrected chi connectivity index (χ3v) is 4.53. The highest BCUT2D eigenvalue weighted by Gasteiger charge is 2.48. The summed E-state index contributed by atoms with van der Waals surface area (Å²) in [4.78, 5) is 23.3. The minimum absolute atomic E-state index is 0.522. The SMILES string of the molecule is Cc1cc(-c2ccc(C(O)C3(C)NC(=O)NC3=O)cc2)ccc1C#N. The fourth-order valence-electron chi connectivity index (χ4n) is 2.91. The Balaban J connectivity index is 1.88. The normalized spacial score (nSPS) is 20.6. The van der Waals surface area contributed by atoms with E-state index in [0.29, 0.717) is 11.1 Å². The van der Waals surface area contributed by atoms with Crippen molar-refractivity contribution in [3.63, 3.8) is 0 Å². The maximum Gasteiger partial charge on any atom is 0.322 e. The smallest absolute Gasteiger partial charge is 0.322 e. The van der Waals surface area contributed by atoms with E-state index in [0.717, 1.165) is 16.7 Å². The van der Waals surface area contributed by atoms with Crippen LogP contribution in [0.15, 0.2) is 42.5 Å². The van der Waals surface area contributed by atoms with Crippen LogP contribution in [0.5, 0.6) is 0 Å². The van der Waals surface area contributed by atoms with E-state index in [1.54, 1.807) is 18.2 Å². The molecule has 126 valence electrons. The summed E-state index contributed by atoms with van der Waals surface area (Å²) in [5.74, 6) is -0.559. The molecule has 1 aliphatic heterocycles. The molecule has 0 spiro atoms. The predicted octanol–water partition coefficient (Wildman–Crippen LogP) is 2.17. The van der Waals surface area contributed by atoms with E-state index in [4.69, 9.17) is 5.26 Å². The van der Waals surface area contributed by atoms with Gasteiger partial charge >= 0.3 is 6.03 Å². The van der Waals surface area contributed by atoms with Gasteiger partial charge in [-0.15, -0.1) is 0 Å². The Kier molecular flexibility index (Phi) is 4.03. The van der Waals surface area contributed by atoms with E-state index in [2.05, 4.69) is 16.7 Å². The largest absolute Gasteiger partial charge is 0.385 e. The van der Waals surface area contributed by atoms with Crippen LogP contribution in [0.3, 0.4) is 0 Å². The first-order valence-corrected chi connectivity index (χ1v) is 7.78. The van der Waals surface area contributed by atoms with Gasteiger partial charge in [-0.3, -0.25) is 10.1 Å². The molecule has 25 heavy (non-hydrogen) atoms. The lowest BCUT2D eigenvalue weighted by Gasteiger charge is -2.27. The number of amides is 3. The second-order valence-electron chi connectivity index (χ2n) is 6.28. The number of carbonyl (C=O) groups excluding carboxylic acids is 2. The zero-order valence-corrected chi connectivity index (χ0v) is 13.8. The van der Waals surface area contributed by atoms with Gasteiger partial charge in [-0.05, 0) is 42.2 Å². The number of aryl methyl sites for hydroxylation is 1. The topological polar surface area (TPSA) is 102 Å². The number of rotatable bonds is 3. The summed E-state index contributed by atoms with van der Waals surface area (Å²) >= 11 is 0. The number of aliphatic hydroxyl groups is 1. The van der Waals surface area contributed by atoms with Gasteiger partial charge < -0.3 is 10.4 Å². The lowest BCUT2D eigenvalue weighted by molar-refractivity contribution is -0.127. The molecule has 0 saturated carbocycles. The number of urea groups is 1. The highest BCUT2D eigenvalue weighted by atomic mass is 16.3. The summed E-state index contributed by atoms with van der Waals surface area (Å²) in [5.41, 5.74) is 2.52. The number of nitrogens with one attached hydrogen (secondary N) is 2. The summed E-state index contributed by atoms with van der Waals surface area (Å²) in [7, 11) is 0. The molecule has 3 N–H and O–H groups in total. The molecule has 2 atom stereocenters. The van der Waals surface area contributed by atoms with Crippen LogP contribution < -0.4 is 10.6 Å². The number of nitrogens with zero attached hydrogens (tertiary/aromatic N) is 1. The number of benzene rings is 2. The van der Waals surface area contributed by atoms with Crippen molar-refractivity contribution in [2.45, 2.75) is 25.5 Å². The highest BCUT2D eigenvalue weighted by Crippen LogP contribution is 2.30. The average molecular weight is 335 g/mol. The van der Waals surface area contributed by atoms with E-state index >= 15 is 0 Å². The lowest BCUT2D eigenvalue weighted by atomic mass is 9.88. The minimum atomic E-state index is -1.40. The molecule has 0 bridgehead atoms. The third kappa shape index (κ3) is 2.86. The first kappa shape index (κ1) is 16.7. The second kappa shape index (κ2) is 6.04. The van der Waals surface area contributed by atoms with Crippen molar-refractivity contribution in [2.75, 3.05) is 0 Å². The van der Waals surface area contributed by atoms with Gasteiger partial charge in [0.2, 0.25) is 0 Å². The molecule has 0 aromatic heterocycles. The van der Waals surface area contributed by atoms with Gasteiger partial charge in [0.1, 0.15) is 11.6 Å². The molecule has 2 unspecified atom stereocenters. The van der Waals surface area contributed by atoms with E-state index in [1.165, 1.54) is 6.92 Å². The summed E-state index contributed by atoms with van der Waals surface area (Å²) in [6.45, 7) is 3.36. The molecule has 0 aliphatic carbocycles. The zero-order valence-electron chi connectivity index (χ0n) is 13.8. The Morgan fingerprint density at radius 3 is 2.28 bits per heavy atom. The van der Waals surface area contributed by atoms with Crippen LogP contribution in [0.25, 0.3) is 11.1 Å². The number of aliphatic hydroxyl groups excluding tert-OH is 1. The van der Waals surface area contributed by atoms with Crippen LogP contribution in [0.1, 0.15) is 29.7 Å². The Morgan fingerprint density at radius 2 is 1.76 bits per heavy atom. The summed E-state index contributed by atoms with van der Waals surface area (Å²) < 4.78 is 0. The maximum atomic E-state index is 11.9. The number of carbonyl (C=O) groups is 2. The Labute approximate surface area is 145 Å². The molecule has 6 heteroatoms. The number of nitriles is 1. The summed E-state index contributed by atoms with van der Waals surface area (Å²) in [6, 6.07) is 14.2. The molecule has 3 amide bonds. The molecule has 3 rings (SSSR count). The van der Waals surface area contributed by atoms with Gasteiger partial charge in [-0.2, -0.15) is 5.26 Å². The van der Waals surface area contributed by atoms with E-state index in [9.17, 15) is 14.7 Å². The maximum absolute atomic E-state index is 11.9. The van der Waals surface area contributed by atoms with E-state index < -0.39 is 23.6 Å². The Hall–Kier alpha value is -3.17. The molecule has 1 fully saturated rings. The molecular weight excluding hydrogens is 318 g/mol. The quantitative estimate of drug-likeness (QED) is 0.748. The van der Waals surface area contributed by atoms with E-state index in [-0.39, 0.29) is 0 Å². The molecule has 1 aliphatic rings. The third-order valence-electron chi connectivity index (χ3n) is 4.53. The molecule has 2 aromatic rings. The zero-order chi connectivity index (χ0) is 18.2. The number of hydrogen-bond acceptors (Lipinski definition) is 4. The van der Waals surface area contributed by atoms with Crippen LogP contribution in [0, 0.1) is 18.3 Å². The van der Waals surface area contributed by atoms with Crippen molar-refractivity contribution >= 4 is 11.9 Å². The predicted molar refractivity (Wildman–Crippen MR) is 91.4 cm³/mol. The van der Waals surface area contributed by atoms with Gasteiger partial charge in [-0.25, -0.2) is 4.79 Å². The number of imide groups is 1. The molecular formula is C19H17N3O3. The van der Waals surface area contributed by atoms with Crippen molar-refractivity contribution < 1.29 is 14.7 Å². The number of hydrogen-bond donors (Lipinski definition) is 3. The van der Waals surface area contributed by atoms with Crippen LogP contribution in [0.4, 0.5) is 4.79 Å². The minimum Gasteiger partial charge on any atom is -0.385 e. The van der Waals surface area contributed by atoms with Gasteiger partial charge in [-0.1, -0.05) is 36.4 Å². The molecule has 1 heterocycles. The second-order valence-corrected chi connectivity index (χ2v) is 6.28. The standard InChI is InChI=1S/C19H17N3O3/c1-11-9-14(7-8-15(11)10-20)12-3-5-13(6-4-12)16(23)19(2)17(24)21-18(25)22-19/h3-9,16,23H,1-2H3,(H2,21,22,24,25). The van der Waals surface area contributed by atoms with Crippen molar-refractivity contribution in [1.82, 2.24) is 10.6 Å². The highest BCUT2D eigenvalue weighted by molar-refractivity contribution is 6.07. The van der Waals surface area contributed by atoms with Gasteiger partial charge in [0.05, 0.1) is 11.6 Å². The van der Waals surface area contributed by atoms with Crippen molar-refractivity contribution in [3.05, 3.63) is 59.2 Å². The van der Waals surface area contributed by atoms with Crippen molar-refractivity contribution in [3.8, 4) is 17.2 Å². The lowest BCUT2D eigenvalue weighted by Crippen LogP contribution is -2.49. The fourth-order valence-corrected chi connectivity index (χ4v) is 2.91. The monoisotopic (exact) mass is 335 g/mol. The average Bonchev–Trinajstić information content (AvgIpc) is 2.87. The summed E-state index contributed by atoms with van der Waals surface area (Å²) in [5, 5.41) is 24.1. The van der Waals surface area contributed by atoms with Gasteiger partial charge in [0.15, 0.2) is 0 Å². The van der Waals surface area contributed by atoms with Crippen molar-refractivity contribution in [1.29, 1.82) is 5.26 Å². The first-order valence-electron chi connectivity index (χ1n) is 7.78. The molecule has 1 saturated heterocycles. The fraction of sp³-hybridized carbons (Fsp3) is 0.211. The van der Waals surface area contributed by atoms with E-state index in [1.807, 2.05) is 31.2 Å². The van der Waals surface area contributed by atoms with Gasteiger partial charge in [0, 0.05) is 0 Å². The Bertz CT molecular complexity index is 899. The molecule has 0 radical (unpaired) electrons. The summed E-state index contributed by atoms with van der Waals surface area (Å²) in [6.07, 6.45) is -1.17. The molecule has 2 aromatic carbocycles.